The lowest BCUT2D eigenvalue weighted by Gasteiger charge is -2.22. The van der Waals surface area contributed by atoms with Gasteiger partial charge in [-0.15, -0.1) is 6.58 Å². The minimum absolute atomic E-state index is 0.309. The first-order chi connectivity index (χ1) is 7.61. The Morgan fingerprint density at radius 1 is 1.41 bits per heavy atom. The first-order valence-electron chi connectivity index (χ1n) is 5.48. The topological polar surface area (TPSA) is 75.6 Å². The number of nitrogens with one attached hydrogen (secondary N) is 1. The van der Waals surface area contributed by atoms with Crippen molar-refractivity contribution in [2.24, 2.45) is 0 Å². The molecule has 17 heavy (non-hydrogen) atoms. The molecular weight excluding hydrogens is 222 g/mol. The van der Waals surface area contributed by atoms with Crippen molar-refractivity contribution in [1.82, 2.24) is 5.32 Å². The Balaban J connectivity index is 4.30. The SMILES string of the molecule is C=C(C)CC[C@@H](NC(=O)OC(C)(C)C)C(=O)O. The normalized spacial score (nSPS) is 12.7. The molecule has 0 rings (SSSR count). The standard InChI is InChI=1S/C12H21NO4/c1-8(2)6-7-9(10(14)15)13-11(16)17-12(3,4)5/h9H,1,6-7H2,2-5H3,(H,13,16)(H,14,15)/t9-/m1/s1. The van der Waals surface area contributed by atoms with E-state index < -0.39 is 23.7 Å². The summed E-state index contributed by atoms with van der Waals surface area (Å²) in [7, 11) is 0. The van der Waals surface area contributed by atoms with Crippen LogP contribution >= 0.6 is 0 Å². The monoisotopic (exact) mass is 243 g/mol. The van der Waals surface area contributed by atoms with Gasteiger partial charge in [-0.1, -0.05) is 5.57 Å². The summed E-state index contributed by atoms with van der Waals surface area (Å²) in [6, 6.07) is -0.943. The smallest absolute Gasteiger partial charge is 0.408 e. The molecule has 0 aliphatic carbocycles. The van der Waals surface area contributed by atoms with E-state index in [1.54, 1.807) is 20.8 Å². The lowest BCUT2D eigenvalue weighted by atomic mass is 10.1. The molecule has 0 aromatic heterocycles. The van der Waals surface area contributed by atoms with E-state index in [0.717, 1.165) is 5.57 Å². The zero-order valence-corrected chi connectivity index (χ0v) is 10.9. The molecule has 0 saturated heterocycles. The van der Waals surface area contributed by atoms with Crippen LogP contribution in [-0.2, 0) is 9.53 Å². The highest BCUT2D eigenvalue weighted by Gasteiger charge is 2.23. The van der Waals surface area contributed by atoms with Crippen molar-refractivity contribution in [2.75, 3.05) is 0 Å². The molecule has 1 atom stereocenters. The van der Waals surface area contributed by atoms with Gasteiger partial charge in [0.05, 0.1) is 0 Å². The van der Waals surface area contributed by atoms with Gasteiger partial charge in [0.2, 0.25) is 0 Å². The highest BCUT2D eigenvalue weighted by molar-refractivity contribution is 5.79. The molecule has 0 unspecified atom stereocenters. The predicted molar refractivity (Wildman–Crippen MR) is 64.8 cm³/mol. The van der Waals surface area contributed by atoms with Crippen LogP contribution < -0.4 is 5.32 Å². The van der Waals surface area contributed by atoms with Crippen LogP contribution in [0.4, 0.5) is 4.79 Å². The van der Waals surface area contributed by atoms with Crippen LogP contribution in [0.3, 0.4) is 0 Å². The molecule has 0 saturated carbocycles. The van der Waals surface area contributed by atoms with Gasteiger partial charge in [-0.25, -0.2) is 9.59 Å². The molecule has 0 heterocycles. The number of hydrogen-bond donors (Lipinski definition) is 2. The van der Waals surface area contributed by atoms with Gasteiger partial charge in [-0.05, 0) is 40.5 Å². The fourth-order valence-electron chi connectivity index (χ4n) is 1.10. The molecule has 0 spiro atoms. The Hall–Kier alpha value is -1.52. The number of carboxylic acid groups (broad SMARTS) is 1. The van der Waals surface area contributed by atoms with Gasteiger partial charge >= 0.3 is 12.1 Å². The molecular formula is C12H21NO4. The molecule has 0 aromatic rings. The summed E-state index contributed by atoms with van der Waals surface area (Å²) >= 11 is 0. The van der Waals surface area contributed by atoms with Crippen LogP contribution in [0.2, 0.25) is 0 Å². The van der Waals surface area contributed by atoms with Crippen LogP contribution in [0.1, 0.15) is 40.5 Å². The molecule has 0 aliphatic rings. The van der Waals surface area contributed by atoms with Crippen LogP contribution in [0, 0.1) is 0 Å². The average molecular weight is 243 g/mol. The van der Waals surface area contributed by atoms with E-state index in [1.165, 1.54) is 0 Å². The summed E-state index contributed by atoms with van der Waals surface area (Å²) in [5.74, 6) is -1.07. The van der Waals surface area contributed by atoms with Crippen molar-refractivity contribution >= 4 is 12.1 Å². The molecule has 1 amide bonds. The van der Waals surface area contributed by atoms with E-state index >= 15 is 0 Å². The maximum Gasteiger partial charge on any atom is 0.408 e. The molecule has 0 radical (unpaired) electrons. The third kappa shape index (κ3) is 8.30. The van der Waals surface area contributed by atoms with Gasteiger partial charge in [-0.2, -0.15) is 0 Å². The van der Waals surface area contributed by atoms with Crippen LogP contribution in [0.15, 0.2) is 12.2 Å². The predicted octanol–water partition coefficient (Wildman–Crippen LogP) is 2.32. The Kier molecular flexibility index (Phi) is 5.71. The van der Waals surface area contributed by atoms with Crippen molar-refractivity contribution in [3.63, 3.8) is 0 Å². The zero-order chi connectivity index (χ0) is 13.6. The maximum absolute atomic E-state index is 11.4. The molecule has 5 heteroatoms. The van der Waals surface area contributed by atoms with E-state index in [9.17, 15) is 9.59 Å². The minimum Gasteiger partial charge on any atom is -0.480 e. The number of rotatable bonds is 5. The molecule has 98 valence electrons. The van der Waals surface area contributed by atoms with Crippen molar-refractivity contribution in [2.45, 2.75) is 52.2 Å². The maximum atomic E-state index is 11.4. The van der Waals surface area contributed by atoms with E-state index in [1.807, 2.05) is 6.92 Å². The number of hydrogen-bond acceptors (Lipinski definition) is 3. The summed E-state index contributed by atoms with van der Waals surface area (Å²) < 4.78 is 4.99. The van der Waals surface area contributed by atoms with E-state index in [2.05, 4.69) is 11.9 Å². The number of amides is 1. The Bertz CT molecular complexity index is 304. The quantitative estimate of drug-likeness (QED) is 0.726. The Morgan fingerprint density at radius 3 is 2.29 bits per heavy atom. The number of allylic oxidation sites excluding steroid dienone is 1. The van der Waals surface area contributed by atoms with Gasteiger partial charge in [0.15, 0.2) is 0 Å². The van der Waals surface area contributed by atoms with E-state index in [4.69, 9.17) is 9.84 Å². The molecule has 0 fully saturated rings. The van der Waals surface area contributed by atoms with E-state index in [-0.39, 0.29) is 0 Å². The largest absolute Gasteiger partial charge is 0.480 e. The zero-order valence-electron chi connectivity index (χ0n) is 10.9. The third-order valence-corrected chi connectivity index (χ3v) is 1.85. The summed E-state index contributed by atoms with van der Waals surface area (Å²) in [6.07, 6.45) is 0.142. The molecule has 2 N–H and O–H groups in total. The van der Waals surface area contributed by atoms with Gasteiger partial charge < -0.3 is 15.2 Å². The number of carboxylic acids is 1. The fraction of sp³-hybridized carbons (Fsp3) is 0.667. The van der Waals surface area contributed by atoms with Crippen molar-refractivity contribution < 1.29 is 19.4 Å². The molecule has 0 aromatic carbocycles. The number of aliphatic carboxylic acids is 1. The minimum atomic E-state index is -1.07. The first-order valence-corrected chi connectivity index (χ1v) is 5.48. The van der Waals surface area contributed by atoms with Crippen LogP contribution in [0.5, 0.6) is 0 Å². The Morgan fingerprint density at radius 2 is 1.94 bits per heavy atom. The lowest BCUT2D eigenvalue weighted by molar-refractivity contribution is -0.139. The highest BCUT2D eigenvalue weighted by atomic mass is 16.6. The summed E-state index contributed by atoms with van der Waals surface area (Å²) in [5, 5.41) is 11.3. The number of alkyl carbamates (subject to hydrolysis) is 1. The van der Waals surface area contributed by atoms with Gasteiger partial charge in [0.25, 0.3) is 0 Å². The van der Waals surface area contributed by atoms with Gasteiger partial charge in [0.1, 0.15) is 11.6 Å². The summed E-state index contributed by atoms with van der Waals surface area (Å²) in [4.78, 5) is 22.3. The van der Waals surface area contributed by atoms with Crippen LogP contribution in [0.25, 0.3) is 0 Å². The van der Waals surface area contributed by atoms with E-state index in [0.29, 0.717) is 12.8 Å². The van der Waals surface area contributed by atoms with Crippen molar-refractivity contribution in [3.05, 3.63) is 12.2 Å². The second-order valence-electron chi connectivity index (χ2n) is 5.03. The second-order valence-corrected chi connectivity index (χ2v) is 5.03. The molecule has 0 bridgehead atoms. The summed E-state index contributed by atoms with van der Waals surface area (Å²) in [5.41, 5.74) is 0.240. The first kappa shape index (κ1) is 15.5. The highest BCUT2D eigenvalue weighted by Crippen LogP contribution is 2.09. The average Bonchev–Trinajstić information content (AvgIpc) is 2.08. The molecule has 5 nitrogen and oxygen atoms in total. The van der Waals surface area contributed by atoms with Crippen molar-refractivity contribution in [3.8, 4) is 0 Å². The fourth-order valence-corrected chi connectivity index (χ4v) is 1.10. The van der Waals surface area contributed by atoms with Gasteiger partial charge in [0, 0.05) is 0 Å². The van der Waals surface area contributed by atoms with Crippen molar-refractivity contribution in [1.29, 1.82) is 0 Å². The second kappa shape index (κ2) is 6.27. The lowest BCUT2D eigenvalue weighted by Crippen LogP contribution is -2.43. The third-order valence-electron chi connectivity index (χ3n) is 1.85. The van der Waals surface area contributed by atoms with Gasteiger partial charge in [-0.3, -0.25) is 0 Å². The Labute approximate surface area is 102 Å². The number of carbonyl (C=O) groups excluding carboxylic acids is 1. The molecule has 0 aliphatic heterocycles. The number of carbonyl (C=O) groups is 2. The summed E-state index contributed by atoms with van der Waals surface area (Å²) in [6.45, 7) is 10.7. The number of ether oxygens (including phenoxy) is 1. The van der Waals surface area contributed by atoms with Crippen LogP contribution in [-0.4, -0.2) is 28.8 Å².